The van der Waals surface area contributed by atoms with Crippen LogP contribution in [0.15, 0.2) is 12.4 Å². The van der Waals surface area contributed by atoms with Crippen LogP contribution in [0.5, 0.6) is 0 Å². The minimum atomic E-state index is -1.11. The molecular weight excluding hydrogens is 334 g/mol. The van der Waals surface area contributed by atoms with E-state index in [0.717, 1.165) is 70.5 Å². The lowest BCUT2D eigenvalue weighted by Gasteiger charge is -2.36. The van der Waals surface area contributed by atoms with Crippen LogP contribution in [-0.2, 0) is 9.47 Å². The zero-order valence-electron chi connectivity index (χ0n) is 15.9. The van der Waals surface area contributed by atoms with Crippen molar-refractivity contribution in [3.8, 4) is 0 Å². The van der Waals surface area contributed by atoms with E-state index in [-0.39, 0.29) is 12.1 Å². The lowest BCUT2D eigenvalue weighted by atomic mass is 9.96. The summed E-state index contributed by atoms with van der Waals surface area (Å²) in [5.74, 6) is -0.886. The number of nitrogens with zero attached hydrogens (tertiary/aromatic N) is 3. The Morgan fingerprint density at radius 3 is 2.15 bits per heavy atom. The number of carboxylic acids is 1. The SMILES string of the molecule is CCCCOC(OCCCC)C1CCN(c2cnc(C(=O)O)nc2)CC1. The van der Waals surface area contributed by atoms with Gasteiger partial charge in [-0.2, -0.15) is 0 Å². The summed E-state index contributed by atoms with van der Waals surface area (Å²) in [5.41, 5.74) is 0.865. The van der Waals surface area contributed by atoms with Crippen LogP contribution in [0.3, 0.4) is 0 Å². The first-order valence-corrected chi connectivity index (χ1v) is 9.69. The summed E-state index contributed by atoms with van der Waals surface area (Å²) in [6, 6.07) is 0. The molecule has 0 bridgehead atoms. The molecule has 1 aliphatic heterocycles. The maximum absolute atomic E-state index is 10.9. The van der Waals surface area contributed by atoms with Crippen molar-refractivity contribution < 1.29 is 19.4 Å². The fourth-order valence-electron chi connectivity index (χ4n) is 3.03. The Morgan fingerprint density at radius 1 is 1.15 bits per heavy atom. The van der Waals surface area contributed by atoms with Gasteiger partial charge in [0, 0.05) is 32.2 Å². The number of aromatic carboxylic acids is 1. The van der Waals surface area contributed by atoms with Gasteiger partial charge in [0.05, 0.1) is 18.1 Å². The minimum Gasteiger partial charge on any atom is -0.475 e. The molecule has 0 saturated carbocycles. The topological polar surface area (TPSA) is 84.8 Å². The smallest absolute Gasteiger partial charge is 0.373 e. The van der Waals surface area contributed by atoms with Gasteiger partial charge in [-0.3, -0.25) is 0 Å². The summed E-state index contributed by atoms with van der Waals surface area (Å²) < 4.78 is 12.0. The Kier molecular flexibility index (Phi) is 8.77. The lowest BCUT2D eigenvalue weighted by molar-refractivity contribution is -0.177. The second-order valence-corrected chi connectivity index (χ2v) is 6.71. The zero-order chi connectivity index (χ0) is 18.8. The molecule has 0 amide bonds. The van der Waals surface area contributed by atoms with Gasteiger partial charge in [0.25, 0.3) is 0 Å². The number of rotatable bonds is 11. The van der Waals surface area contributed by atoms with Gasteiger partial charge in [-0.1, -0.05) is 26.7 Å². The van der Waals surface area contributed by atoms with Crippen LogP contribution in [0.4, 0.5) is 5.69 Å². The molecule has 0 radical (unpaired) electrons. The van der Waals surface area contributed by atoms with E-state index in [0.29, 0.717) is 5.92 Å². The summed E-state index contributed by atoms with van der Waals surface area (Å²) in [4.78, 5) is 20.9. The third-order valence-electron chi connectivity index (χ3n) is 4.68. The van der Waals surface area contributed by atoms with E-state index >= 15 is 0 Å². The van der Waals surface area contributed by atoms with Gasteiger partial charge in [0.15, 0.2) is 6.29 Å². The molecule has 1 saturated heterocycles. The van der Waals surface area contributed by atoms with Crippen LogP contribution >= 0.6 is 0 Å². The summed E-state index contributed by atoms with van der Waals surface area (Å²) in [5, 5.41) is 8.89. The highest BCUT2D eigenvalue weighted by Gasteiger charge is 2.28. The largest absolute Gasteiger partial charge is 0.475 e. The minimum absolute atomic E-state index is 0.124. The fraction of sp³-hybridized carbons (Fsp3) is 0.737. The van der Waals surface area contributed by atoms with Gasteiger partial charge in [0.1, 0.15) is 0 Å². The number of carbonyl (C=O) groups is 1. The van der Waals surface area contributed by atoms with E-state index in [1.165, 1.54) is 0 Å². The molecule has 0 aromatic carbocycles. The van der Waals surface area contributed by atoms with Crippen molar-refractivity contribution in [2.45, 2.75) is 58.7 Å². The molecule has 2 heterocycles. The number of anilines is 1. The van der Waals surface area contributed by atoms with Crippen LogP contribution in [0, 0.1) is 5.92 Å². The molecule has 0 spiro atoms. The fourth-order valence-corrected chi connectivity index (χ4v) is 3.03. The highest BCUT2D eigenvalue weighted by molar-refractivity contribution is 5.83. The second kappa shape index (κ2) is 11.1. The Morgan fingerprint density at radius 2 is 1.69 bits per heavy atom. The van der Waals surface area contributed by atoms with Crippen molar-refractivity contribution in [2.24, 2.45) is 5.92 Å². The second-order valence-electron chi connectivity index (χ2n) is 6.71. The highest BCUT2D eigenvalue weighted by atomic mass is 16.7. The molecule has 146 valence electrons. The highest BCUT2D eigenvalue weighted by Crippen LogP contribution is 2.27. The van der Waals surface area contributed by atoms with Crippen LogP contribution in [0.1, 0.15) is 63.0 Å². The van der Waals surface area contributed by atoms with E-state index < -0.39 is 5.97 Å². The van der Waals surface area contributed by atoms with Crippen LogP contribution < -0.4 is 4.90 Å². The summed E-state index contributed by atoms with van der Waals surface area (Å²) in [6.45, 7) is 7.55. The molecule has 0 aliphatic carbocycles. The summed E-state index contributed by atoms with van der Waals surface area (Å²) >= 11 is 0. The van der Waals surface area contributed by atoms with Crippen molar-refractivity contribution >= 4 is 11.7 Å². The van der Waals surface area contributed by atoms with Crippen LogP contribution in [0.2, 0.25) is 0 Å². The van der Waals surface area contributed by atoms with Crippen molar-refractivity contribution in [1.29, 1.82) is 0 Å². The summed E-state index contributed by atoms with van der Waals surface area (Å²) in [6.07, 6.45) is 9.35. The van der Waals surface area contributed by atoms with E-state index in [9.17, 15) is 4.79 Å². The number of unbranched alkanes of at least 4 members (excludes halogenated alkanes) is 2. The molecule has 7 heteroatoms. The van der Waals surface area contributed by atoms with E-state index in [2.05, 4.69) is 28.7 Å². The molecule has 1 N–H and O–H groups in total. The molecule has 1 aliphatic rings. The third-order valence-corrected chi connectivity index (χ3v) is 4.68. The molecule has 26 heavy (non-hydrogen) atoms. The van der Waals surface area contributed by atoms with Crippen molar-refractivity contribution in [2.75, 3.05) is 31.2 Å². The Labute approximate surface area is 155 Å². The zero-order valence-corrected chi connectivity index (χ0v) is 15.9. The lowest BCUT2D eigenvalue weighted by Crippen LogP contribution is -2.40. The molecule has 7 nitrogen and oxygen atoms in total. The van der Waals surface area contributed by atoms with E-state index in [1.54, 1.807) is 12.4 Å². The maximum Gasteiger partial charge on any atom is 0.373 e. The molecule has 2 rings (SSSR count). The predicted molar refractivity (Wildman–Crippen MR) is 99.4 cm³/mol. The maximum atomic E-state index is 10.9. The number of hydrogen-bond acceptors (Lipinski definition) is 6. The van der Waals surface area contributed by atoms with Gasteiger partial charge >= 0.3 is 5.97 Å². The Hall–Kier alpha value is -1.73. The average molecular weight is 365 g/mol. The normalized spacial score (nSPS) is 15.6. The average Bonchev–Trinajstić information content (AvgIpc) is 2.67. The molecule has 1 fully saturated rings. The van der Waals surface area contributed by atoms with Gasteiger partial charge in [-0.05, 0) is 25.7 Å². The Balaban J connectivity index is 1.87. The number of aromatic nitrogens is 2. The van der Waals surface area contributed by atoms with Crippen molar-refractivity contribution in [3.05, 3.63) is 18.2 Å². The van der Waals surface area contributed by atoms with Gasteiger partial charge in [-0.25, -0.2) is 14.8 Å². The standard InChI is InChI=1S/C19H31N3O4/c1-3-5-11-25-19(26-12-6-4-2)15-7-9-22(10-8-15)16-13-20-17(18(23)24)21-14-16/h13-15,19H,3-12H2,1-2H3,(H,23,24). The number of hydrogen-bond donors (Lipinski definition) is 1. The van der Waals surface area contributed by atoms with Gasteiger partial charge in [0.2, 0.25) is 5.82 Å². The first-order valence-electron chi connectivity index (χ1n) is 9.69. The first-order chi connectivity index (χ1) is 12.7. The molecule has 0 unspecified atom stereocenters. The molecule has 1 aromatic heterocycles. The quantitative estimate of drug-likeness (QED) is 0.475. The van der Waals surface area contributed by atoms with Crippen molar-refractivity contribution in [1.82, 2.24) is 9.97 Å². The van der Waals surface area contributed by atoms with Gasteiger partial charge < -0.3 is 19.5 Å². The molecule has 1 aromatic rings. The molecular formula is C19H31N3O4. The third kappa shape index (κ3) is 6.21. The first kappa shape index (κ1) is 20.6. The predicted octanol–water partition coefficient (Wildman–Crippen LogP) is 3.35. The number of piperidine rings is 1. The monoisotopic (exact) mass is 365 g/mol. The Bertz CT molecular complexity index is 520. The van der Waals surface area contributed by atoms with E-state index in [1.807, 2.05) is 0 Å². The van der Waals surface area contributed by atoms with Crippen LogP contribution in [0.25, 0.3) is 0 Å². The number of carboxylic acid groups (broad SMARTS) is 1. The van der Waals surface area contributed by atoms with Crippen molar-refractivity contribution in [3.63, 3.8) is 0 Å². The molecule has 0 atom stereocenters. The van der Waals surface area contributed by atoms with Crippen LogP contribution in [-0.4, -0.2) is 53.6 Å². The summed E-state index contributed by atoms with van der Waals surface area (Å²) in [7, 11) is 0. The number of ether oxygens (including phenoxy) is 2. The van der Waals surface area contributed by atoms with E-state index in [4.69, 9.17) is 14.6 Å². The van der Waals surface area contributed by atoms with Gasteiger partial charge in [-0.15, -0.1) is 0 Å².